The van der Waals surface area contributed by atoms with E-state index >= 15 is 0 Å². The molecule has 2 aliphatic heterocycles. The van der Waals surface area contributed by atoms with Gasteiger partial charge in [-0.2, -0.15) is 0 Å². The summed E-state index contributed by atoms with van der Waals surface area (Å²) in [6.07, 6.45) is -0.0903. The molecule has 0 aromatic rings. The number of ketones is 1. The highest BCUT2D eigenvalue weighted by Crippen LogP contribution is 2.45. The summed E-state index contributed by atoms with van der Waals surface area (Å²) in [5.74, 6) is -1.31. The van der Waals surface area contributed by atoms with Crippen LogP contribution in [0.15, 0.2) is 0 Å². The fraction of sp³-hybridized carbons (Fsp3) is 0.750. The molecule has 0 unspecified atom stereocenters. The van der Waals surface area contributed by atoms with Gasteiger partial charge in [0.2, 0.25) is 0 Å². The Bertz CT molecular complexity index is 425. The topological polar surface area (TPSA) is 83.9 Å². The standard InChI is InChI=1S/C12H17NO5/c1-11(2,3)18-10(17)13-7-4-5-12(13,9(15)16)6-8(7)14/h7H,4-6H2,1-3H3,(H,15,16)/t7-,12-/m1/s1. The van der Waals surface area contributed by atoms with Gasteiger partial charge in [-0.05, 0) is 33.6 Å². The SMILES string of the molecule is CC(C)(C)OC(=O)N1[C@@H]2CC[C@]1(C(=O)O)CC2=O. The minimum absolute atomic E-state index is 0.105. The molecule has 2 aliphatic rings. The highest BCUT2D eigenvalue weighted by Gasteiger charge is 2.63. The molecule has 2 bridgehead atoms. The number of hydrogen-bond acceptors (Lipinski definition) is 4. The Kier molecular flexibility index (Phi) is 2.64. The van der Waals surface area contributed by atoms with Crippen molar-refractivity contribution < 1.29 is 24.2 Å². The molecule has 1 N–H and O–H groups in total. The summed E-state index contributed by atoms with van der Waals surface area (Å²) in [4.78, 5) is 36.3. The Balaban J connectivity index is 2.29. The molecule has 1 amide bonds. The molecule has 0 radical (unpaired) electrons. The lowest BCUT2D eigenvalue weighted by atomic mass is 9.87. The van der Waals surface area contributed by atoms with Gasteiger partial charge in [-0.15, -0.1) is 0 Å². The molecule has 0 aromatic carbocycles. The molecule has 18 heavy (non-hydrogen) atoms. The molecular weight excluding hydrogens is 238 g/mol. The van der Waals surface area contributed by atoms with Crippen molar-refractivity contribution in [1.29, 1.82) is 0 Å². The summed E-state index contributed by atoms with van der Waals surface area (Å²) in [5, 5.41) is 9.32. The number of aliphatic carboxylic acids is 1. The van der Waals surface area contributed by atoms with Gasteiger partial charge in [-0.1, -0.05) is 0 Å². The largest absolute Gasteiger partial charge is 0.479 e. The van der Waals surface area contributed by atoms with Gasteiger partial charge in [0.15, 0.2) is 11.3 Å². The van der Waals surface area contributed by atoms with Crippen molar-refractivity contribution in [3.05, 3.63) is 0 Å². The van der Waals surface area contributed by atoms with Gasteiger partial charge < -0.3 is 9.84 Å². The molecule has 2 rings (SSSR count). The number of hydrogen-bond donors (Lipinski definition) is 1. The van der Waals surface area contributed by atoms with E-state index in [1.807, 2.05) is 0 Å². The minimum atomic E-state index is -1.38. The Morgan fingerprint density at radius 1 is 1.44 bits per heavy atom. The van der Waals surface area contributed by atoms with Crippen LogP contribution in [0.2, 0.25) is 0 Å². The maximum atomic E-state index is 12.1. The average Bonchev–Trinajstić information content (AvgIpc) is 2.67. The van der Waals surface area contributed by atoms with Crippen molar-refractivity contribution in [3.8, 4) is 0 Å². The zero-order valence-corrected chi connectivity index (χ0v) is 10.7. The fourth-order valence-electron chi connectivity index (χ4n) is 2.71. The van der Waals surface area contributed by atoms with Crippen LogP contribution in [0.5, 0.6) is 0 Å². The number of fused-ring (bicyclic) bond motifs is 2. The number of carbonyl (C=O) groups is 3. The van der Waals surface area contributed by atoms with Crippen molar-refractivity contribution in [2.24, 2.45) is 0 Å². The molecule has 0 spiro atoms. The molecule has 2 heterocycles. The number of Topliss-reactive ketones (excluding diaryl/α,β-unsaturated/α-hetero) is 1. The monoisotopic (exact) mass is 255 g/mol. The van der Waals surface area contributed by atoms with Crippen LogP contribution in [0.4, 0.5) is 4.79 Å². The van der Waals surface area contributed by atoms with E-state index < -0.39 is 29.2 Å². The number of carboxylic acid groups (broad SMARTS) is 1. The summed E-state index contributed by atoms with van der Waals surface area (Å²) in [6, 6.07) is -0.629. The van der Waals surface area contributed by atoms with Gasteiger partial charge in [0.1, 0.15) is 5.60 Å². The maximum absolute atomic E-state index is 12.1. The van der Waals surface area contributed by atoms with E-state index in [1.165, 1.54) is 0 Å². The number of carbonyl (C=O) groups excluding carboxylic acids is 2. The molecular formula is C12H17NO5. The van der Waals surface area contributed by atoms with Crippen LogP contribution in [-0.4, -0.2) is 45.0 Å². The predicted molar refractivity (Wildman–Crippen MR) is 61.1 cm³/mol. The van der Waals surface area contributed by atoms with E-state index in [0.717, 1.165) is 4.90 Å². The van der Waals surface area contributed by atoms with E-state index in [4.69, 9.17) is 4.74 Å². The first-order valence-corrected chi connectivity index (χ1v) is 5.96. The Morgan fingerprint density at radius 3 is 2.50 bits per heavy atom. The summed E-state index contributed by atoms with van der Waals surface area (Å²) >= 11 is 0. The van der Waals surface area contributed by atoms with Crippen LogP contribution in [0.3, 0.4) is 0 Å². The molecule has 0 aliphatic carbocycles. The first-order valence-electron chi connectivity index (χ1n) is 5.96. The fourth-order valence-corrected chi connectivity index (χ4v) is 2.71. The van der Waals surface area contributed by atoms with Crippen molar-refractivity contribution >= 4 is 17.8 Å². The van der Waals surface area contributed by atoms with Gasteiger partial charge in [0.25, 0.3) is 0 Å². The lowest BCUT2D eigenvalue weighted by molar-refractivity contribution is -0.148. The first-order chi connectivity index (χ1) is 8.17. The van der Waals surface area contributed by atoms with Gasteiger partial charge >= 0.3 is 12.1 Å². The van der Waals surface area contributed by atoms with Gasteiger partial charge in [-0.25, -0.2) is 9.59 Å². The number of rotatable bonds is 1. The van der Waals surface area contributed by atoms with Crippen molar-refractivity contribution in [3.63, 3.8) is 0 Å². The number of carboxylic acids is 1. The lowest BCUT2D eigenvalue weighted by Crippen LogP contribution is -2.52. The van der Waals surface area contributed by atoms with Crippen LogP contribution < -0.4 is 0 Å². The van der Waals surface area contributed by atoms with Crippen LogP contribution in [0.25, 0.3) is 0 Å². The summed E-state index contributed by atoms with van der Waals surface area (Å²) < 4.78 is 5.20. The second-order valence-electron chi connectivity index (χ2n) is 5.88. The van der Waals surface area contributed by atoms with Gasteiger partial charge in [-0.3, -0.25) is 9.69 Å². The van der Waals surface area contributed by atoms with Crippen LogP contribution in [-0.2, 0) is 14.3 Å². The predicted octanol–water partition coefficient (Wildman–Crippen LogP) is 1.18. The van der Waals surface area contributed by atoms with Crippen molar-refractivity contribution in [2.45, 2.75) is 57.2 Å². The molecule has 0 aromatic heterocycles. The summed E-state index contributed by atoms with van der Waals surface area (Å²) in [5.41, 5.74) is -2.09. The Hall–Kier alpha value is -1.59. The Labute approximate surface area is 105 Å². The molecule has 2 fully saturated rings. The van der Waals surface area contributed by atoms with E-state index in [9.17, 15) is 19.5 Å². The third kappa shape index (κ3) is 1.76. The van der Waals surface area contributed by atoms with Crippen LogP contribution in [0.1, 0.15) is 40.0 Å². The van der Waals surface area contributed by atoms with Gasteiger partial charge in [0.05, 0.1) is 6.04 Å². The zero-order chi connectivity index (χ0) is 13.7. The quantitative estimate of drug-likeness (QED) is 0.760. The third-order valence-corrected chi connectivity index (χ3v) is 3.43. The zero-order valence-electron chi connectivity index (χ0n) is 10.7. The van der Waals surface area contributed by atoms with E-state index in [2.05, 4.69) is 0 Å². The molecule has 0 saturated carbocycles. The lowest BCUT2D eigenvalue weighted by Gasteiger charge is -2.31. The van der Waals surface area contributed by atoms with Crippen LogP contribution >= 0.6 is 0 Å². The number of ether oxygens (including phenoxy) is 1. The second-order valence-corrected chi connectivity index (χ2v) is 5.88. The molecule has 6 nitrogen and oxygen atoms in total. The van der Waals surface area contributed by atoms with E-state index in [-0.39, 0.29) is 12.2 Å². The average molecular weight is 255 g/mol. The van der Waals surface area contributed by atoms with Crippen LogP contribution in [0, 0.1) is 0 Å². The molecule has 100 valence electrons. The van der Waals surface area contributed by atoms with E-state index in [1.54, 1.807) is 20.8 Å². The second kappa shape index (κ2) is 3.70. The molecule has 2 saturated heterocycles. The molecule has 2 atom stereocenters. The van der Waals surface area contributed by atoms with E-state index in [0.29, 0.717) is 12.8 Å². The van der Waals surface area contributed by atoms with Crippen molar-refractivity contribution in [2.75, 3.05) is 0 Å². The summed E-state index contributed by atoms with van der Waals surface area (Å²) in [7, 11) is 0. The highest BCUT2D eigenvalue weighted by atomic mass is 16.6. The smallest absolute Gasteiger partial charge is 0.411 e. The normalized spacial score (nSPS) is 30.7. The Morgan fingerprint density at radius 2 is 2.06 bits per heavy atom. The maximum Gasteiger partial charge on any atom is 0.411 e. The minimum Gasteiger partial charge on any atom is -0.479 e. The van der Waals surface area contributed by atoms with Gasteiger partial charge in [0, 0.05) is 6.42 Å². The highest BCUT2D eigenvalue weighted by molar-refractivity contribution is 6.01. The van der Waals surface area contributed by atoms with Crippen molar-refractivity contribution in [1.82, 2.24) is 4.90 Å². The third-order valence-electron chi connectivity index (χ3n) is 3.43. The number of nitrogens with zero attached hydrogens (tertiary/aromatic N) is 1. The first kappa shape index (κ1) is 12.9. The number of amides is 1. The summed E-state index contributed by atoms with van der Waals surface area (Å²) in [6.45, 7) is 5.12. The molecule has 6 heteroatoms.